The number of sulfonamides is 1. The second-order valence-corrected chi connectivity index (χ2v) is 8.34. The average Bonchev–Trinajstić information content (AvgIpc) is 2.60. The lowest BCUT2D eigenvalue weighted by molar-refractivity contribution is 0.592. The molecule has 134 valence electrons. The maximum absolute atomic E-state index is 13.0. The molecule has 2 aromatic rings. The van der Waals surface area contributed by atoms with Gasteiger partial charge in [-0.15, -0.1) is 16.2 Å². The van der Waals surface area contributed by atoms with E-state index < -0.39 is 10.0 Å². The Labute approximate surface area is 155 Å². The second-order valence-electron chi connectivity index (χ2n) is 5.95. The molecule has 0 bridgehead atoms. The Kier molecular flexibility index (Phi) is 6.30. The Balaban J connectivity index is 2.82. The third-order valence-corrected chi connectivity index (χ3v) is 6.31. The summed E-state index contributed by atoms with van der Waals surface area (Å²) < 4.78 is 29.8. The first kappa shape index (κ1) is 19.5. The molecule has 0 amide bonds. The Hall–Kier alpha value is -1.79. The molecule has 2 aromatic carbocycles. The van der Waals surface area contributed by atoms with E-state index in [9.17, 15) is 8.42 Å². The first-order valence-electron chi connectivity index (χ1n) is 8.04. The van der Waals surface area contributed by atoms with Gasteiger partial charge in [0.05, 0.1) is 0 Å². The zero-order chi connectivity index (χ0) is 18.6. The van der Waals surface area contributed by atoms with E-state index in [0.717, 1.165) is 33.6 Å². The highest BCUT2D eigenvalue weighted by Gasteiger charge is 2.25. The number of hydrogen-bond donors (Lipinski definition) is 0. The summed E-state index contributed by atoms with van der Waals surface area (Å²) in [5, 5.41) is 0. The van der Waals surface area contributed by atoms with Crippen molar-refractivity contribution >= 4 is 28.1 Å². The molecular formula is C19H24N2O2S2. The maximum Gasteiger partial charge on any atom is 0.285 e. The monoisotopic (exact) mass is 376 g/mol. The Morgan fingerprint density at radius 2 is 1.84 bits per heavy atom. The standard InChI is InChI=1S/C19H24N2O2S2/c1-6-15-12-17(16-10-8-7-9-11-16)14(2)19(18(15)24-5)25(22,23)20-13-21(3)4/h7-13H,6H2,1-5H3. The van der Waals surface area contributed by atoms with Gasteiger partial charge in [-0.1, -0.05) is 37.3 Å². The third kappa shape index (κ3) is 4.25. The van der Waals surface area contributed by atoms with Crippen LogP contribution in [0.3, 0.4) is 0 Å². The van der Waals surface area contributed by atoms with E-state index in [2.05, 4.69) is 10.5 Å². The minimum Gasteiger partial charge on any atom is -0.368 e. The predicted molar refractivity (Wildman–Crippen MR) is 107 cm³/mol. The number of rotatable bonds is 6. The van der Waals surface area contributed by atoms with Crippen LogP contribution < -0.4 is 0 Å². The molecular weight excluding hydrogens is 352 g/mol. The number of aryl methyl sites for hydroxylation is 1. The summed E-state index contributed by atoms with van der Waals surface area (Å²) in [6.07, 6.45) is 4.00. The van der Waals surface area contributed by atoms with Gasteiger partial charge in [-0.25, -0.2) is 0 Å². The van der Waals surface area contributed by atoms with Gasteiger partial charge in [0.2, 0.25) is 0 Å². The summed E-state index contributed by atoms with van der Waals surface area (Å²) in [7, 11) is -0.286. The molecule has 25 heavy (non-hydrogen) atoms. The quantitative estimate of drug-likeness (QED) is 0.430. The van der Waals surface area contributed by atoms with E-state index in [1.807, 2.05) is 50.4 Å². The highest BCUT2D eigenvalue weighted by atomic mass is 32.2. The van der Waals surface area contributed by atoms with Crippen LogP contribution in [0.25, 0.3) is 11.1 Å². The van der Waals surface area contributed by atoms with E-state index in [-0.39, 0.29) is 0 Å². The molecule has 0 saturated carbocycles. The molecule has 4 nitrogen and oxygen atoms in total. The van der Waals surface area contributed by atoms with Crippen LogP contribution >= 0.6 is 11.8 Å². The van der Waals surface area contributed by atoms with Crippen molar-refractivity contribution in [3.8, 4) is 11.1 Å². The minimum atomic E-state index is -3.78. The predicted octanol–water partition coefficient (Wildman–Crippen LogP) is 4.22. The molecule has 0 radical (unpaired) electrons. The van der Waals surface area contributed by atoms with Crippen LogP contribution in [0.2, 0.25) is 0 Å². The van der Waals surface area contributed by atoms with Crippen molar-refractivity contribution in [1.29, 1.82) is 0 Å². The lowest BCUT2D eigenvalue weighted by Crippen LogP contribution is -2.12. The molecule has 0 saturated heterocycles. The molecule has 0 unspecified atom stereocenters. The molecule has 0 spiro atoms. The molecule has 0 aromatic heterocycles. The first-order chi connectivity index (χ1) is 11.8. The zero-order valence-electron chi connectivity index (χ0n) is 15.3. The van der Waals surface area contributed by atoms with Gasteiger partial charge in [0.25, 0.3) is 10.0 Å². The minimum absolute atomic E-state index is 0.316. The second kappa shape index (κ2) is 8.06. The molecule has 0 N–H and O–H groups in total. The van der Waals surface area contributed by atoms with Gasteiger partial charge in [0.1, 0.15) is 11.2 Å². The number of thioether (sulfide) groups is 1. The summed E-state index contributed by atoms with van der Waals surface area (Å²) in [5.74, 6) is 0. The van der Waals surface area contributed by atoms with E-state index in [1.54, 1.807) is 19.0 Å². The highest BCUT2D eigenvalue weighted by molar-refractivity contribution is 7.99. The largest absolute Gasteiger partial charge is 0.368 e. The van der Waals surface area contributed by atoms with Crippen molar-refractivity contribution in [1.82, 2.24) is 4.90 Å². The summed E-state index contributed by atoms with van der Waals surface area (Å²) in [4.78, 5) is 2.72. The van der Waals surface area contributed by atoms with Crippen molar-refractivity contribution in [2.24, 2.45) is 4.40 Å². The molecule has 0 heterocycles. The highest BCUT2D eigenvalue weighted by Crippen LogP contribution is 2.38. The van der Waals surface area contributed by atoms with E-state index in [4.69, 9.17) is 0 Å². The SMILES string of the molecule is CCc1cc(-c2ccccc2)c(C)c(S(=O)(=O)N=CN(C)C)c1SC. The van der Waals surface area contributed by atoms with Crippen molar-refractivity contribution in [3.05, 3.63) is 47.5 Å². The fourth-order valence-corrected chi connectivity index (χ4v) is 5.36. The lowest BCUT2D eigenvalue weighted by atomic mass is 9.97. The summed E-state index contributed by atoms with van der Waals surface area (Å²) in [5.41, 5.74) is 3.71. The fraction of sp³-hybridized carbons (Fsp3) is 0.316. The van der Waals surface area contributed by atoms with E-state index >= 15 is 0 Å². The molecule has 6 heteroatoms. The van der Waals surface area contributed by atoms with Crippen molar-refractivity contribution in [2.75, 3.05) is 20.4 Å². The molecule has 0 atom stereocenters. The normalized spacial score (nSPS) is 11.9. The average molecular weight is 377 g/mol. The van der Waals surface area contributed by atoms with Gasteiger partial charge >= 0.3 is 0 Å². The number of benzene rings is 2. The number of nitrogens with zero attached hydrogens (tertiary/aromatic N) is 2. The fourth-order valence-electron chi connectivity index (χ4n) is 2.71. The third-order valence-electron chi connectivity index (χ3n) is 3.91. The summed E-state index contributed by atoms with van der Waals surface area (Å²) in [6, 6.07) is 12.0. The summed E-state index contributed by atoms with van der Waals surface area (Å²) in [6.45, 7) is 3.90. The number of hydrogen-bond acceptors (Lipinski definition) is 3. The van der Waals surface area contributed by atoms with Crippen LogP contribution in [0, 0.1) is 6.92 Å². The first-order valence-corrected chi connectivity index (χ1v) is 10.7. The van der Waals surface area contributed by atoms with Gasteiger partial charge in [0, 0.05) is 19.0 Å². The van der Waals surface area contributed by atoms with Crippen LogP contribution in [-0.4, -0.2) is 40.0 Å². The van der Waals surface area contributed by atoms with Crippen molar-refractivity contribution < 1.29 is 8.42 Å². The van der Waals surface area contributed by atoms with Gasteiger partial charge < -0.3 is 4.90 Å². The van der Waals surface area contributed by atoms with Crippen LogP contribution in [0.4, 0.5) is 0 Å². The van der Waals surface area contributed by atoms with E-state index in [0.29, 0.717) is 4.90 Å². The molecule has 0 aliphatic rings. The van der Waals surface area contributed by atoms with Crippen LogP contribution in [-0.2, 0) is 16.4 Å². The Morgan fingerprint density at radius 3 is 2.36 bits per heavy atom. The van der Waals surface area contributed by atoms with Gasteiger partial charge in [-0.2, -0.15) is 8.42 Å². The molecule has 2 rings (SSSR count). The Morgan fingerprint density at radius 1 is 1.20 bits per heavy atom. The van der Waals surface area contributed by atoms with E-state index in [1.165, 1.54) is 18.1 Å². The zero-order valence-corrected chi connectivity index (χ0v) is 16.9. The molecule has 0 aliphatic carbocycles. The van der Waals surface area contributed by atoms with Gasteiger partial charge in [0.15, 0.2) is 0 Å². The lowest BCUT2D eigenvalue weighted by Gasteiger charge is -2.18. The van der Waals surface area contributed by atoms with Crippen LogP contribution in [0.15, 0.2) is 50.6 Å². The van der Waals surface area contributed by atoms with Crippen LogP contribution in [0.1, 0.15) is 18.1 Å². The van der Waals surface area contributed by atoms with Gasteiger partial charge in [-0.3, -0.25) is 0 Å². The molecule has 0 fully saturated rings. The van der Waals surface area contributed by atoms with Crippen LogP contribution in [0.5, 0.6) is 0 Å². The Bertz CT molecular complexity index is 874. The van der Waals surface area contributed by atoms with Gasteiger partial charge in [-0.05, 0) is 47.9 Å². The van der Waals surface area contributed by atoms with Crippen molar-refractivity contribution in [2.45, 2.75) is 30.1 Å². The maximum atomic E-state index is 13.0. The molecule has 0 aliphatic heterocycles. The smallest absolute Gasteiger partial charge is 0.285 e. The summed E-state index contributed by atoms with van der Waals surface area (Å²) >= 11 is 1.46. The topological polar surface area (TPSA) is 49.7 Å². The van der Waals surface area contributed by atoms with Crippen molar-refractivity contribution in [3.63, 3.8) is 0 Å².